The third-order valence-electron chi connectivity index (χ3n) is 4.35. The van der Waals surface area contributed by atoms with E-state index in [9.17, 15) is 4.79 Å². The summed E-state index contributed by atoms with van der Waals surface area (Å²) in [6.45, 7) is 9.53. The van der Waals surface area contributed by atoms with Crippen molar-refractivity contribution in [2.24, 2.45) is 0 Å². The highest BCUT2D eigenvalue weighted by Gasteiger charge is 2.18. The lowest BCUT2D eigenvalue weighted by atomic mass is 10.0. The lowest BCUT2D eigenvalue weighted by Gasteiger charge is -2.20. The van der Waals surface area contributed by atoms with Crippen LogP contribution in [0.3, 0.4) is 0 Å². The van der Waals surface area contributed by atoms with E-state index < -0.39 is 12.1 Å². The van der Waals surface area contributed by atoms with Crippen LogP contribution in [0.25, 0.3) is 21.5 Å². The summed E-state index contributed by atoms with van der Waals surface area (Å²) in [7, 11) is 0. The van der Waals surface area contributed by atoms with Gasteiger partial charge in [-0.15, -0.1) is 6.58 Å². The molecule has 0 amide bonds. The van der Waals surface area contributed by atoms with Crippen LogP contribution < -0.4 is 4.74 Å². The van der Waals surface area contributed by atoms with Crippen molar-refractivity contribution >= 4 is 39.1 Å². The van der Waals surface area contributed by atoms with Gasteiger partial charge in [-0.2, -0.15) is 0 Å². The van der Waals surface area contributed by atoms with E-state index >= 15 is 0 Å². The second-order valence-electron chi connectivity index (χ2n) is 6.74. The number of esters is 1. The quantitative estimate of drug-likeness (QED) is 0.149. The zero-order chi connectivity index (χ0) is 20.8. The highest BCUT2D eigenvalue weighted by Crippen LogP contribution is 2.36. The molecule has 0 aliphatic heterocycles. The van der Waals surface area contributed by atoms with Gasteiger partial charge in [0.2, 0.25) is 0 Å². The average Bonchev–Trinajstić information content (AvgIpc) is 2.71. The SMILES string of the molecule is C=CCOCC(COc1c2ccccc2cc2ccc(Cl)cc12)OC(=O)C(=C)C. The normalized spacial score (nSPS) is 11.9. The predicted octanol–water partition coefficient (Wildman–Crippen LogP) is 5.72. The van der Waals surface area contributed by atoms with Gasteiger partial charge >= 0.3 is 5.97 Å². The van der Waals surface area contributed by atoms with Crippen molar-refractivity contribution in [1.82, 2.24) is 0 Å². The molecule has 0 bridgehead atoms. The van der Waals surface area contributed by atoms with Crippen LogP contribution in [-0.4, -0.2) is 31.9 Å². The molecule has 150 valence electrons. The van der Waals surface area contributed by atoms with Gasteiger partial charge in [-0.25, -0.2) is 4.79 Å². The second-order valence-corrected chi connectivity index (χ2v) is 7.17. The highest BCUT2D eigenvalue weighted by atomic mass is 35.5. The molecule has 0 aliphatic carbocycles. The van der Waals surface area contributed by atoms with E-state index in [-0.39, 0.29) is 13.2 Å². The van der Waals surface area contributed by atoms with Gasteiger partial charge in [0, 0.05) is 21.4 Å². The minimum Gasteiger partial charge on any atom is -0.488 e. The molecule has 1 atom stereocenters. The third kappa shape index (κ3) is 5.17. The molecular formula is C24H23ClO4. The molecule has 3 aromatic rings. The van der Waals surface area contributed by atoms with Crippen molar-refractivity contribution in [2.45, 2.75) is 13.0 Å². The Morgan fingerprint density at radius 2 is 1.86 bits per heavy atom. The maximum atomic E-state index is 12.0. The summed E-state index contributed by atoms with van der Waals surface area (Å²) in [4.78, 5) is 12.0. The van der Waals surface area contributed by atoms with E-state index in [4.69, 9.17) is 25.8 Å². The number of fused-ring (bicyclic) bond motifs is 2. The molecule has 0 aliphatic rings. The monoisotopic (exact) mass is 410 g/mol. The van der Waals surface area contributed by atoms with Crippen LogP contribution in [0.2, 0.25) is 5.02 Å². The summed E-state index contributed by atoms with van der Waals surface area (Å²) in [5.74, 6) is 0.215. The molecule has 5 heteroatoms. The first kappa shape index (κ1) is 20.9. The lowest BCUT2D eigenvalue weighted by Crippen LogP contribution is -2.30. The summed E-state index contributed by atoms with van der Waals surface area (Å²) >= 11 is 6.23. The Kier molecular flexibility index (Phi) is 6.91. The Labute approximate surface area is 175 Å². The second kappa shape index (κ2) is 9.59. The summed E-state index contributed by atoms with van der Waals surface area (Å²) < 4.78 is 17.2. The van der Waals surface area contributed by atoms with Gasteiger partial charge in [-0.3, -0.25) is 0 Å². The van der Waals surface area contributed by atoms with Gasteiger partial charge < -0.3 is 14.2 Å². The number of ether oxygens (including phenoxy) is 3. The summed E-state index contributed by atoms with van der Waals surface area (Å²) in [5, 5.41) is 4.54. The zero-order valence-electron chi connectivity index (χ0n) is 16.3. The predicted molar refractivity (Wildman–Crippen MR) is 118 cm³/mol. The molecule has 3 rings (SSSR count). The minimum atomic E-state index is -0.590. The number of hydrogen-bond acceptors (Lipinski definition) is 4. The molecule has 0 saturated heterocycles. The van der Waals surface area contributed by atoms with Gasteiger partial charge in [-0.1, -0.05) is 54.6 Å². The van der Waals surface area contributed by atoms with Gasteiger partial charge in [0.15, 0.2) is 6.10 Å². The first-order valence-corrected chi connectivity index (χ1v) is 9.66. The molecule has 3 aromatic carbocycles. The van der Waals surface area contributed by atoms with E-state index in [1.54, 1.807) is 13.0 Å². The minimum absolute atomic E-state index is 0.131. The molecular weight excluding hydrogens is 388 g/mol. The fraction of sp³-hybridized carbons (Fsp3) is 0.208. The van der Waals surface area contributed by atoms with Crippen molar-refractivity contribution in [3.05, 3.63) is 78.4 Å². The Bertz CT molecular complexity index is 1060. The fourth-order valence-electron chi connectivity index (χ4n) is 2.98. The summed E-state index contributed by atoms with van der Waals surface area (Å²) in [5.41, 5.74) is 0.320. The van der Waals surface area contributed by atoms with Crippen molar-refractivity contribution in [3.63, 3.8) is 0 Å². The number of hydrogen-bond donors (Lipinski definition) is 0. The van der Waals surface area contributed by atoms with Crippen LogP contribution in [0, 0.1) is 0 Å². The van der Waals surface area contributed by atoms with Gasteiger partial charge in [0.05, 0.1) is 13.2 Å². The van der Waals surface area contributed by atoms with E-state index in [1.807, 2.05) is 42.5 Å². The van der Waals surface area contributed by atoms with Crippen LogP contribution in [0.15, 0.2) is 73.3 Å². The molecule has 0 spiro atoms. The Morgan fingerprint density at radius 3 is 2.62 bits per heavy atom. The Hall–Kier alpha value is -2.82. The number of carbonyl (C=O) groups excluding carboxylic acids is 1. The summed E-state index contributed by atoms with van der Waals surface area (Å²) in [6.07, 6.45) is 1.05. The molecule has 0 fully saturated rings. The molecule has 29 heavy (non-hydrogen) atoms. The fourth-order valence-corrected chi connectivity index (χ4v) is 3.15. The van der Waals surface area contributed by atoms with Crippen molar-refractivity contribution < 1.29 is 19.0 Å². The van der Waals surface area contributed by atoms with Gasteiger partial charge in [0.25, 0.3) is 0 Å². The van der Waals surface area contributed by atoms with Crippen LogP contribution in [0.1, 0.15) is 6.92 Å². The van der Waals surface area contributed by atoms with Crippen LogP contribution >= 0.6 is 11.6 Å². The van der Waals surface area contributed by atoms with Crippen molar-refractivity contribution in [2.75, 3.05) is 19.8 Å². The number of rotatable bonds is 9. The van der Waals surface area contributed by atoms with E-state index in [0.717, 1.165) is 21.5 Å². The molecule has 0 saturated carbocycles. The largest absolute Gasteiger partial charge is 0.488 e. The maximum Gasteiger partial charge on any atom is 0.333 e. The molecule has 0 aromatic heterocycles. The maximum absolute atomic E-state index is 12.0. The van der Waals surface area contributed by atoms with Crippen LogP contribution in [0.5, 0.6) is 5.75 Å². The van der Waals surface area contributed by atoms with Crippen LogP contribution in [-0.2, 0) is 14.3 Å². The topological polar surface area (TPSA) is 44.8 Å². The molecule has 1 unspecified atom stereocenters. The molecule has 4 nitrogen and oxygen atoms in total. The molecule has 0 radical (unpaired) electrons. The lowest BCUT2D eigenvalue weighted by molar-refractivity contribution is -0.148. The third-order valence-corrected chi connectivity index (χ3v) is 4.59. The van der Waals surface area contributed by atoms with Crippen molar-refractivity contribution in [1.29, 1.82) is 0 Å². The van der Waals surface area contributed by atoms with E-state index in [1.165, 1.54) is 0 Å². The van der Waals surface area contributed by atoms with Gasteiger partial charge in [-0.05, 0) is 35.9 Å². The zero-order valence-corrected chi connectivity index (χ0v) is 17.1. The Morgan fingerprint density at radius 1 is 1.10 bits per heavy atom. The standard InChI is InChI=1S/C24H23ClO4/c1-4-11-27-14-20(29-24(26)16(2)3)15-28-23-21-8-6-5-7-17(21)12-18-9-10-19(25)13-22(18)23/h4-10,12-13,20H,1-2,11,14-15H2,3H3. The van der Waals surface area contributed by atoms with Gasteiger partial charge in [0.1, 0.15) is 12.4 Å². The first-order chi connectivity index (χ1) is 14.0. The van der Waals surface area contributed by atoms with E-state index in [2.05, 4.69) is 19.2 Å². The molecule has 0 heterocycles. The Balaban J connectivity index is 1.92. The smallest absolute Gasteiger partial charge is 0.333 e. The number of halogens is 1. The summed E-state index contributed by atoms with van der Waals surface area (Å²) in [6, 6.07) is 15.7. The van der Waals surface area contributed by atoms with Crippen LogP contribution in [0.4, 0.5) is 0 Å². The highest BCUT2D eigenvalue weighted by molar-refractivity contribution is 6.31. The average molecular weight is 411 g/mol. The van der Waals surface area contributed by atoms with E-state index in [0.29, 0.717) is 23.0 Å². The number of benzene rings is 3. The van der Waals surface area contributed by atoms with Crippen molar-refractivity contribution in [3.8, 4) is 5.75 Å². The number of carbonyl (C=O) groups is 1. The molecule has 0 N–H and O–H groups in total. The first-order valence-electron chi connectivity index (χ1n) is 9.28.